The van der Waals surface area contributed by atoms with E-state index in [9.17, 15) is 0 Å². The molecule has 102 valence electrons. The van der Waals surface area contributed by atoms with Crippen molar-refractivity contribution < 1.29 is 4.42 Å². The number of rotatable bonds is 4. The largest absolute Gasteiger partial charge is 0.465 e. The number of aryl methyl sites for hydroxylation is 1. The molecule has 2 heteroatoms. The monoisotopic (exact) mass is 320 g/mol. The Morgan fingerprint density at radius 3 is 2.21 bits per heavy atom. The van der Waals surface area contributed by atoms with Crippen molar-refractivity contribution in [2.45, 2.75) is 44.4 Å². The lowest BCUT2D eigenvalue weighted by atomic mass is 9.82. The molecule has 0 radical (unpaired) electrons. The maximum absolute atomic E-state index is 5.67. The Kier molecular flexibility index (Phi) is 4.19. The normalized spacial score (nSPS) is 13.5. The van der Waals surface area contributed by atoms with Gasteiger partial charge in [-0.25, -0.2) is 0 Å². The van der Waals surface area contributed by atoms with E-state index in [1.54, 1.807) is 0 Å². The first-order chi connectivity index (χ1) is 8.94. The second kappa shape index (κ2) is 5.54. The maximum atomic E-state index is 5.67. The Balaban J connectivity index is 2.23. The molecule has 0 amide bonds. The van der Waals surface area contributed by atoms with Crippen LogP contribution >= 0.6 is 15.9 Å². The van der Waals surface area contributed by atoms with E-state index < -0.39 is 0 Å². The third-order valence-corrected chi connectivity index (χ3v) is 4.86. The highest BCUT2D eigenvalue weighted by atomic mass is 79.9. The standard InChI is InChI=1S/C17H21BrO/c1-5-17(3,4)14-9-7-13(8-10-14)16(18)15-11-6-12(2)19-15/h6-11,16H,5H2,1-4H3. The minimum atomic E-state index is 0.125. The minimum absolute atomic E-state index is 0.125. The molecule has 1 unspecified atom stereocenters. The van der Waals surface area contributed by atoms with Crippen molar-refractivity contribution in [2.24, 2.45) is 0 Å². The second-order valence-corrected chi connectivity index (χ2v) is 6.59. The number of hydrogen-bond acceptors (Lipinski definition) is 1. The summed E-state index contributed by atoms with van der Waals surface area (Å²) in [5.41, 5.74) is 2.85. The summed E-state index contributed by atoms with van der Waals surface area (Å²) in [4.78, 5) is 0.125. The summed E-state index contributed by atoms with van der Waals surface area (Å²) < 4.78 is 5.67. The number of hydrogen-bond donors (Lipinski definition) is 0. The van der Waals surface area contributed by atoms with Gasteiger partial charge in [0.1, 0.15) is 11.5 Å². The Morgan fingerprint density at radius 1 is 1.11 bits per heavy atom. The number of furan rings is 1. The van der Waals surface area contributed by atoms with Gasteiger partial charge in [-0.3, -0.25) is 0 Å². The van der Waals surface area contributed by atoms with Crippen molar-refractivity contribution in [3.63, 3.8) is 0 Å². The van der Waals surface area contributed by atoms with E-state index in [1.807, 2.05) is 19.1 Å². The molecule has 2 aromatic rings. The Labute approximate surface area is 124 Å². The fourth-order valence-electron chi connectivity index (χ4n) is 2.06. The number of alkyl halides is 1. The van der Waals surface area contributed by atoms with E-state index in [-0.39, 0.29) is 10.2 Å². The van der Waals surface area contributed by atoms with Crippen molar-refractivity contribution in [1.82, 2.24) is 0 Å². The van der Waals surface area contributed by atoms with Gasteiger partial charge in [-0.2, -0.15) is 0 Å². The van der Waals surface area contributed by atoms with Crippen LogP contribution in [-0.2, 0) is 5.41 Å². The zero-order valence-corrected chi connectivity index (χ0v) is 13.6. The van der Waals surface area contributed by atoms with Crippen LogP contribution in [0.5, 0.6) is 0 Å². The van der Waals surface area contributed by atoms with Gasteiger partial charge >= 0.3 is 0 Å². The fraction of sp³-hybridized carbons (Fsp3) is 0.412. The van der Waals surface area contributed by atoms with Crippen molar-refractivity contribution in [3.05, 3.63) is 59.0 Å². The molecule has 0 aliphatic heterocycles. The topological polar surface area (TPSA) is 13.1 Å². The molecule has 1 aromatic heterocycles. The summed E-state index contributed by atoms with van der Waals surface area (Å²) in [6.45, 7) is 8.76. The Morgan fingerprint density at radius 2 is 1.74 bits per heavy atom. The third kappa shape index (κ3) is 3.11. The molecule has 1 heterocycles. The first kappa shape index (κ1) is 14.4. The van der Waals surface area contributed by atoms with Gasteiger partial charge in [-0.1, -0.05) is 61.0 Å². The fourth-order valence-corrected chi connectivity index (χ4v) is 2.61. The molecule has 0 bridgehead atoms. The summed E-state index contributed by atoms with van der Waals surface area (Å²) in [7, 11) is 0. The summed E-state index contributed by atoms with van der Waals surface area (Å²) in [6, 6.07) is 12.8. The molecule has 1 nitrogen and oxygen atoms in total. The van der Waals surface area contributed by atoms with Crippen LogP contribution in [0.15, 0.2) is 40.8 Å². The van der Waals surface area contributed by atoms with Gasteiger partial charge in [0.25, 0.3) is 0 Å². The number of benzene rings is 1. The SMILES string of the molecule is CCC(C)(C)c1ccc(C(Br)c2ccc(C)o2)cc1. The molecule has 0 N–H and O–H groups in total. The molecular weight excluding hydrogens is 300 g/mol. The van der Waals surface area contributed by atoms with Crippen LogP contribution in [0.4, 0.5) is 0 Å². The van der Waals surface area contributed by atoms with E-state index >= 15 is 0 Å². The van der Waals surface area contributed by atoms with Crippen molar-refractivity contribution in [1.29, 1.82) is 0 Å². The highest BCUT2D eigenvalue weighted by Gasteiger charge is 2.19. The zero-order valence-electron chi connectivity index (χ0n) is 12.0. The second-order valence-electron chi connectivity index (χ2n) is 5.67. The lowest BCUT2D eigenvalue weighted by molar-refractivity contribution is 0.491. The Bertz CT molecular complexity index is 537. The summed E-state index contributed by atoms with van der Waals surface area (Å²) in [6.07, 6.45) is 1.14. The van der Waals surface area contributed by atoms with E-state index in [4.69, 9.17) is 4.42 Å². The molecule has 0 saturated heterocycles. The van der Waals surface area contributed by atoms with Crippen LogP contribution in [-0.4, -0.2) is 0 Å². The van der Waals surface area contributed by atoms with Gasteiger partial charge in [0.05, 0.1) is 4.83 Å². The highest BCUT2D eigenvalue weighted by molar-refractivity contribution is 9.09. The average Bonchev–Trinajstić information content (AvgIpc) is 2.85. The third-order valence-electron chi connectivity index (χ3n) is 3.88. The molecule has 0 spiro atoms. The quantitative estimate of drug-likeness (QED) is 0.653. The molecule has 0 aliphatic carbocycles. The van der Waals surface area contributed by atoms with Gasteiger partial charge < -0.3 is 4.42 Å². The van der Waals surface area contributed by atoms with Crippen LogP contribution in [0, 0.1) is 6.92 Å². The van der Waals surface area contributed by atoms with Crippen LogP contribution < -0.4 is 0 Å². The van der Waals surface area contributed by atoms with Gasteiger partial charge in [-0.05, 0) is 42.0 Å². The predicted molar refractivity (Wildman–Crippen MR) is 84.0 cm³/mol. The van der Waals surface area contributed by atoms with Crippen molar-refractivity contribution >= 4 is 15.9 Å². The minimum Gasteiger partial charge on any atom is -0.465 e. The van der Waals surface area contributed by atoms with Crippen LogP contribution in [0.2, 0.25) is 0 Å². The summed E-state index contributed by atoms with van der Waals surface area (Å²) in [5.74, 6) is 1.91. The molecule has 0 aliphatic rings. The summed E-state index contributed by atoms with van der Waals surface area (Å²) in [5, 5.41) is 0. The van der Waals surface area contributed by atoms with Gasteiger partial charge in [0.15, 0.2) is 0 Å². The van der Waals surface area contributed by atoms with Crippen LogP contribution in [0.3, 0.4) is 0 Å². The first-order valence-electron chi connectivity index (χ1n) is 6.75. The zero-order chi connectivity index (χ0) is 14.0. The highest BCUT2D eigenvalue weighted by Crippen LogP contribution is 2.34. The van der Waals surface area contributed by atoms with E-state index in [1.165, 1.54) is 11.1 Å². The van der Waals surface area contributed by atoms with Crippen molar-refractivity contribution in [2.75, 3.05) is 0 Å². The van der Waals surface area contributed by atoms with Crippen LogP contribution in [0.1, 0.15) is 54.7 Å². The summed E-state index contributed by atoms with van der Waals surface area (Å²) >= 11 is 3.71. The smallest absolute Gasteiger partial charge is 0.122 e. The molecule has 0 fully saturated rings. The van der Waals surface area contributed by atoms with Gasteiger partial charge in [0.2, 0.25) is 0 Å². The van der Waals surface area contributed by atoms with Gasteiger partial charge in [-0.15, -0.1) is 0 Å². The van der Waals surface area contributed by atoms with E-state index in [0.717, 1.165) is 17.9 Å². The maximum Gasteiger partial charge on any atom is 0.122 e. The predicted octanol–water partition coefficient (Wildman–Crippen LogP) is 5.76. The lowest BCUT2D eigenvalue weighted by Gasteiger charge is -2.23. The Hall–Kier alpha value is -1.02. The molecule has 2 rings (SSSR count). The molecule has 1 atom stereocenters. The number of halogens is 1. The van der Waals surface area contributed by atoms with E-state index in [0.29, 0.717) is 0 Å². The van der Waals surface area contributed by atoms with Crippen LogP contribution in [0.25, 0.3) is 0 Å². The van der Waals surface area contributed by atoms with Gasteiger partial charge in [0, 0.05) is 0 Å². The molecule has 19 heavy (non-hydrogen) atoms. The average molecular weight is 321 g/mol. The molecule has 0 saturated carbocycles. The van der Waals surface area contributed by atoms with Crippen molar-refractivity contribution in [3.8, 4) is 0 Å². The lowest BCUT2D eigenvalue weighted by Crippen LogP contribution is -2.15. The van der Waals surface area contributed by atoms with E-state index in [2.05, 4.69) is 61.0 Å². The first-order valence-corrected chi connectivity index (χ1v) is 7.66. The molecule has 1 aromatic carbocycles. The molecular formula is C17H21BrO.